The number of aliphatic hydroxyl groups is 1. The highest BCUT2D eigenvalue weighted by molar-refractivity contribution is 6.31. The number of hydrogen-bond acceptors (Lipinski definition) is 5. The lowest BCUT2D eigenvalue weighted by atomic mass is 10.1. The molecule has 2 N–H and O–H groups in total. The summed E-state index contributed by atoms with van der Waals surface area (Å²) < 4.78 is 18.1. The molecule has 5 nitrogen and oxygen atoms in total. The van der Waals surface area contributed by atoms with Crippen LogP contribution < -0.4 is 5.32 Å². The van der Waals surface area contributed by atoms with Crippen LogP contribution in [0.15, 0.2) is 22.7 Å². The predicted octanol–water partition coefficient (Wildman–Crippen LogP) is 1.85. The van der Waals surface area contributed by atoms with Gasteiger partial charge in [-0.05, 0) is 24.1 Å². The minimum Gasteiger partial charge on any atom is -0.392 e. The number of rotatable bonds is 3. The second-order valence-electron chi connectivity index (χ2n) is 4.81. The predicted molar refractivity (Wildman–Crippen MR) is 69.9 cm³/mol. The summed E-state index contributed by atoms with van der Waals surface area (Å²) in [5.41, 5.74) is 0.736. The van der Waals surface area contributed by atoms with E-state index >= 15 is 0 Å². The minimum absolute atomic E-state index is 0.116. The lowest BCUT2D eigenvalue weighted by Crippen LogP contribution is -2.15. The lowest BCUT2D eigenvalue weighted by Gasteiger charge is -2.02. The van der Waals surface area contributed by atoms with Gasteiger partial charge in [0, 0.05) is 18.0 Å². The van der Waals surface area contributed by atoms with Crippen LogP contribution in [0.3, 0.4) is 0 Å². The van der Waals surface area contributed by atoms with E-state index in [4.69, 9.17) is 16.1 Å². The van der Waals surface area contributed by atoms with Gasteiger partial charge in [0.25, 0.3) is 0 Å². The second-order valence-corrected chi connectivity index (χ2v) is 5.22. The Morgan fingerprint density at radius 1 is 1.50 bits per heavy atom. The Bertz CT molecular complexity index is 619. The van der Waals surface area contributed by atoms with Gasteiger partial charge in [-0.3, -0.25) is 0 Å². The summed E-state index contributed by atoms with van der Waals surface area (Å²) in [7, 11) is 0. The fraction of sp³-hybridized carbons (Fsp3) is 0.385. The molecule has 0 bridgehead atoms. The van der Waals surface area contributed by atoms with Crippen molar-refractivity contribution in [2.75, 3.05) is 6.54 Å². The molecule has 1 fully saturated rings. The lowest BCUT2D eigenvalue weighted by molar-refractivity contribution is 0.191. The number of β-amino-alcohol motifs (C(OH)–C–C–N with tert-alkyl or cyclic N) is 1. The summed E-state index contributed by atoms with van der Waals surface area (Å²) in [6.07, 6.45) is 0.540. The van der Waals surface area contributed by atoms with E-state index in [1.807, 2.05) is 0 Å². The number of halogens is 2. The van der Waals surface area contributed by atoms with Crippen molar-refractivity contribution in [1.82, 2.24) is 15.5 Å². The number of benzene rings is 1. The molecule has 0 saturated carbocycles. The molecule has 1 saturated heterocycles. The normalized spacial score (nSPS) is 22.4. The minimum atomic E-state index is -0.387. The Kier molecular flexibility index (Phi) is 3.69. The standard InChI is InChI=1S/C13H13ClFN3O2/c14-10-4-8(15)2-1-7(10)3-12-17-13(20-18-12)11-5-9(19)6-16-11/h1-2,4,9,11,16,19H,3,5-6H2/t9-,11-/m0/s1. The third-order valence-electron chi connectivity index (χ3n) is 3.25. The van der Waals surface area contributed by atoms with E-state index in [-0.39, 0.29) is 18.0 Å². The number of nitrogens with one attached hydrogen (secondary N) is 1. The van der Waals surface area contributed by atoms with Crippen LogP contribution in [0.5, 0.6) is 0 Å². The van der Waals surface area contributed by atoms with E-state index < -0.39 is 0 Å². The largest absolute Gasteiger partial charge is 0.392 e. The van der Waals surface area contributed by atoms with Gasteiger partial charge in [-0.15, -0.1) is 0 Å². The summed E-state index contributed by atoms with van der Waals surface area (Å²) in [6, 6.07) is 4.09. The fourth-order valence-electron chi connectivity index (χ4n) is 2.22. The molecule has 0 radical (unpaired) electrons. The van der Waals surface area contributed by atoms with Gasteiger partial charge in [-0.2, -0.15) is 4.98 Å². The van der Waals surface area contributed by atoms with Gasteiger partial charge in [0.05, 0.1) is 12.1 Å². The second kappa shape index (κ2) is 5.47. The van der Waals surface area contributed by atoms with E-state index in [1.165, 1.54) is 12.1 Å². The third-order valence-corrected chi connectivity index (χ3v) is 3.61. The van der Waals surface area contributed by atoms with Gasteiger partial charge in [0.1, 0.15) is 5.82 Å². The first kappa shape index (κ1) is 13.5. The van der Waals surface area contributed by atoms with Crippen molar-refractivity contribution in [3.63, 3.8) is 0 Å². The zero-order valence-corrected chi connectivity index (χ0v) is 11.3. The van der Waals surface area contributed by atoms with Crippen molar-refractivity contribution in [2.24, 2.45) is 0 Å². The summed E-state index contributed by atoms with van der Waals surface area (Å²) in [4.78, 5) is 4.28. The Morgan fingerprint density at radius 3 is 3.05 bits per heavy atom. The molecule has 7 heteroatoms. The van der Waals surface area contributed by atoms with E-state index in [0.29, 0.717) is 36.1 Å². The third kappa shape index (κ3) is 2.82. The highest BCUT2D eigenvalue weighted by atomic mass is 35.5. The van der Waals surface area contributed by atoms with Gasteiger partial charge in [0.2, 0.25) is 5.89 Å². The van der Waals surface area contributed by atoms with Gasteiger partial charge >= 0.3 is 0 Å². The smallest absolute Gasteiger partial charge is 0.243 e. The zero-order valence-electron chi connectivity index (χ0n) is 10.5. The van der Waals surface area contributed by atoms with Gasteiger partial charge in [-0.1, -0.05) is 22.8 Å². The molecule has 2 aromatic rings. The molecule has 0 unspecified atom stereocenters. The first-order valence-electron chi connectivity index (χ1n) is 6.29. The quantitative estimate of drug-likeness (QED) is 0.904. The highest BCUT2D eigenvalue weighted by Gasteiger charge is 2.28. The first-order valence-corrected chi connectivity index (χ1v) is 6.67. The van der Waals surface area contributed by atoms with Crippen molar-refractivity contribution >= 4 is 11.6 Å². The summed E-state index contributed by atoms with van der Waals surface area (Å²) in [6.45, 7) is 0.520. The molecule has 1 aliphatic rings. The number of aliphatic hydroxyl groups excluding tert-OH is 1. The van der Waals surface area contributed by atoms with Crippen molar-refractivity contribution in [3.05, 3.63) is 46.3 Å². The Balaban J connectivity index is 1.74. The Labute approximate surface area is 119 Å². The highest BCUT2D eigenvalue weighted by Crippen LogP contribution is 2.23. The Morgan fingerprint density at radius 2 is 2.35 bits per heavy atom. The molecule has 20 heavy (non-hydrogen) atoms. The molecular formula is C13H13ClFN3O2. The van der Waals surface area contributed by atoms with E-state index in [9.17, 15) is 9.50 Å². The van der Waals surface area contributed by atoms with E-state index in [0.717, 1.165) is 5.56 Å². The average molecular weight is 298 g/mol. The van der Waals surface area contributed by atoms with Gasteiger partial charge in [0.15, 0.2) is 5.82 Å². The molecule has 1 aliphatic heterocycles. The molecule has 3 rings (SSSR count). The van der Waals surface area contributed by atoms with Crippen LogP contribution >= 0.6 is 11.6 Å². The maximum Gasteiger partial charge on any atom is 0.243 e. The SMILES string of the molecule is O[C@@H]1CN[C@H](c2nc(Cc3ccc(F)cc3Cl)no2)C1. The van der Waals surface area contributed by atoms with Crippen LogP contribution in [-0.4, -0.2) is 27.9 Å². The monoisotopic (exact) mass is 297 g/mol. The summed E-state index contributed by atoms with van der Waals surface area (Å²) in [5.74, 6) is 0.558. The topological polar surface area (TPSA) is 71.2 Å². The first-order chi connectivity index (χ1) is 9.61. The summed E-state index contributed by atoms with van der Waals surface area (Å²) in [5, 5.41) is 16.8. The molecule has 0 amide bonds. The van der Waals surface area contributed by atoms with Crippen LogP contribution in [0.2, 0.25) is 5.02 Å². The Hall–Kier alpha value is -1.50. The van der Waals surface area contributed by atoms with Crippen molar-refractivity contribution in [3.8, 4) is 0 Å². The van der Waals surface area contributed by atoms with Gasteiger partial charge in [-0.25, -0.2) is 4.39 Å². The average Bonchev–Trinajstić information content (AvgIpc) is 3.02. The molecule has 106 valence electrons. The van der Waals surface area contributed by atoms with Crippen molar-refractivity contribution in [2.45, 2.75) is 25.0 Å². The van der Waals surface area contributed by atoms with E-state index in [2.05, 4.69) is 15.5 Å². The molecule has 1 aromatic carbocycles. The molecule has 2 heterocycles. The molecule has 0 aliphatic carbocycles. The van der Waals surface area contributed by atoms with E-state index in [1.54, 1.807) is 6.07 Å². The fourth-order valence-corrected chi connectivity index (χ4v) is 2.46. The van der Waals surface area contributed by atoms with Crippen LogP contribution in [-0.2, 0) is 6.42 Å². The molecule has 1 aromatic heterocycles. The van der Waals surface area contributed by atoms with Crippen LogP contribution in [0.25, 0.3) is 0 Å². The maximum atomic E-state index is 13.0. The zero-order chi connectivity index (χ0) is 14.1. The maximum absolute atomic E-state index is 13.0. The molecular weight excluding hydrogens is 285 g/mol. The van der Waals surface area contributed by atoms with Crippen LogP contribution in [0, 0.1) is 5.82 Å². The van der Waals surface area contributed by atoms with Crippen molar-refractivity contribution < 1.29 is 14.0 Å². The molecule has 0 spiro atoms. The number of hydrogen-bond donors (Lipinski definition) is 2. The number of nitrogens with zero attached hydrogens (tertiary/aromatic N) is 2. The summed E-state index contributed by atoms with van der Waals surface area (Å²) >= 11 is 5.96. The van der Waals surface area contributed by atoms with Gasteiger partial charge < -0.3 is 14.9 Å². The molecule has 2 atom stereocenters. The van der Waals surface area contributed by atoms with Crippen LogP contribution in [0.4, 0.5) is 4.39 Å². The van der Waals surface area contributed by atoms with Crippen LogP contribution in [0.1, 0.15) is 29.7 Å². The van der Waals surface area contributed by atoms with Crippen molar-refractivity contribution in [1.29, 1.82) is 0 Å². The number of aromatic nitrogens is 2.